The van der Waals surface area contributed by atoms with Crippen molar-refractivity contribution in [2.75, 3.05) is 18.0 Å². The van der Waals surface area contributed by atoms with E-state index in [-0.39, 0.29) is 13.2 Å². The van der Waals surface area contributed by atoms with Gasteiger partial charge in [-0.2, -0.15) is 13.2 Å². The SMILES string of the molecule is CCCc1nc(N(CC)CC(F)(F)F)sc1CO. The summed E-state index contributed by atoms with van der Waals surface area (Å²) >= 11 is 1.14. The molecule has 1 rings (SSSR count). The quantitative estimate of drug-likeness (QED) is 0.871. The fourth-order valence-corrected chi connectivity index (χ4v) is 2.62. The molecule has 0 radical (unpaired) electrons. The minimum absolute atomic E-state index is 0.170. The molecule has 0 aliphatic rings. The summed E-state index contributed by atoms with van der Waals surface area (Å²) in [7, 11) is 0. The first-order chi connectivity index (χ1) is 8.41. The van der Waals surface area contributed by atoms with E-state index in [1.807, 2.05) is 6.92 Å². The molecule has 0 unspecified atom stereocenters. The van der Waals surface area contributed by atoms with E-state index in [0.29, 0.717) is 22.1 Å². The number of hydrogen-bond donors (Lipinski definition) is 1. The maximum atomic E-state index is 12.4. The minimum atomic E-state index is -4.24. The van der Waals surface area contributed by atoms with Crippen LogP contribution in [-0.4, -0.2) is 29.4 Å². The Morgan fingerprint density at radius 2 is 2.00 bits per heavy atom. The maximum absolute atomic E-state index is 12.4. The van der Waals surface area contributed by atoms with Gasteiger partial charge in [-0.05, 0) is 13.3 Å². The lowest BCUT2D eigenvalue weighted by Gasteiger charge is -2.21. The zero-order chi connectivity index (χ0) is 13.8. The Hall–Kier alpha value is -0.820. The van der Waals surface area contributed by atoms with Crippen LogP contribution < -0.4 is 4.90 Å². The zero-order valence-electron chi connectivity index (χ0n) is 10.4. The third-order valence-corrected chi connectivity index (χ3v) is 3.56. The number of anilines is 1. The van der Waals surface area contributed by atoms with Crippen LogP contribution in [0.2, 0.25) is 0 Å². The van der Waals surface area contributed by atoms with Gasteiger partial charge in [0, 0.05) is 6.54 Å². The fraction of sp³-hybridized carbons (Fsp3) is 0.727. The standard InChI is InChI=1S/C11H17F3N2OS/c1-3-5-8-9(6-17)18-10(15-8)16(4-2)7-11(12,13)14/h17H,3-7H2,1-2H3. The molecule has 0 amide bonds. The monoisotopic (exact) mass is 282 g/mol. The Balaban J connectivity index is 2.92. The Morgan fingerprint density at radius 1 is 1.33 bits per heavy atom. The first-order valence-electron chi connectivity index (χ1n) is 5.82. The lowest BCUT2D eigenvalue weighted by molar-refractivity contribution is -0.119. The first kappa shape index (κ1) is 15.2. The lowest BCUT2D eigenvalue weighted by Crippen LogP contribution is -2.34. The number of alkyl halides is 3. The van der Waals surface area contributed by atoms with Gasteiger partial charge in [0.2, 0.25) is 0 Å². The van der Waals surface area contributed by atoms with Gasteiger partial charge in [0.15, 0.2) is 5.13 Å². The molecule has 0 fully saturated rings. The average molecular weight is 282 g/mol. The molecule has 0 spiro atoms. The average Bonchev–Trinajstić information content (AvgIpc) is 2.68. The van der Waals surface area contributed by atoms with Crippen molar-refractivity contribution < 1.29 is 18.3 Å². The molecule has 3 nitrogen and oxygen atoms in total. The van der Waals surface area contributed by atoms with E-state index in [1.165, 1.54) is 4.90 Å². The van der Waals surface area contributed by atoms with E-state index in [1.54, 1.807) is 6.92 Å². The van der Waals surface area contributed by atoms with Crippen LogP contribution in [0.3, 0.4) is 0 Å². The molecule has 1 aromatic rings. The van der Waals surface area contributed by atoms with Crippen molar-refractivity contribution in [2.45, 2.75) is 39.5 Å². The number of rotatable bonds is 6. The highest BCUT2D eigenvalue weighted by Crippen LogP contribution is 2.29. The van der Waals surface area contributed by atoms with E-state index in [2.05, 4.69) is 4.98 Å². The number of hydrogen-bond acceptors (Lipinski definition) is 4. The van der Waals surface area contributed by atoms with Crippen molar-refractivity contribution in [3.05, 3.63) is 10.6 Å². The second kappa shape index (κ2) is 6.38. The summed E-state index contributed by atoms with van der Waals surface area (Å²) in [5.74, 6) is 0. The summed E-state index contributed by atoms with van der Waals surface area (Å²) < 4.78 is 37.2. The van der Waals surface area contributed by atoms with Gasteiger partial charge in [0.05, 0.1) is 17.2 Å². The summed E-state index contributed by atoms with van der Waals surface area (Å²) in [5.41, 5.74) is 0.709. The van der Waals surface area contributed by atoms with Gasteiger partial charge < -0.3 is 10.0 Å². The molecule has 0 aliphatic heterocycles. The third kappa shape index (κ3) is 4.13. The lowest BCUT2D eigenvalue weighted by atomic mass is 10.2. The predicted molar refractivity (Wildman–Crippen MR) is 66.0 cm³/mol. The zero-order valence-corrected chi connectivity index (χ0v) is 11.2. The summed E-state index contributed by atoms with van der Waals surface area (Å²) in [4.78, 5) is 6.05. The smallest absolute Gasteiger partial charge is 0.391 e. The molecule has 0 saturated carbocycles. The van der Waals surface area contributed by atoms with Crippen LogP contribution >= 0.6 is 11.3 Å². The Kier molecular flexibility index (Phi) is 5.40. The van der Waals surface area contributed by atoms with Gasteiger partial charge in [-0.1, -0.05) is 24.7 Å². The van der Waals surface area contributed by atoms with E-state index in [4.69, 9.17) is 0 Å². The number of aromatic nitrogens is 1. The van der Waals surface area contributed by atoms with Crippen LogP contribution in [0.15, 0.2) is 0 Å². The van der Waals surface area contributed by atoms with Gasteiger partial charge in [-0.3, -0.25) is 0 Å². The highest BCUT2D eigenvalue weighted by molar-refractivity contribution is 7.15. The van der Waals surface area contributed by atoms with Crippen LogP contribution in [0.5, 0.6) is 0 Å². The number of nitrogens with zero attached hydrogens (tertiary/aromatic N) is 2. The van der Waals surface area contributed by atoms with E-state index in [9.17, 15) is 18.3 Å². The van der Waals surface area contributed by atoms with Crippen LogP contribution in [-0.2, 0) is 13.0 Å². The predicted octanol–water partition coefficient (Wildman–Crippen LogP) is 2.98. The van der Waals surface area contributed by atoms with Gasteiger partial charge in [-0.15, -0.1) is 0 Å². The van der Waals surface area contributed by atoms with Gasteiger partial charge in [0.1, 0.15) is 6.54 Å². The van der Waals surface area contributed by atoms with Gasteiger partial charge >= 0.3 is 6.18 Å². The highest BCUT2D eigenvalue weighted by atomic mass is 32.1. The second-order valence-electron chi connectivity index (χ2n) is 3.90. The largest absolute Gasteiger partial charge is 0.406 e. The molecule has 0 aliphatic carbocycles. The molecule has 1 N–H and O–H groups in total. The molecule has 1 heterocycles. The normalized spacial score (nSPS) is 11.9. The molecule has 18 heavy (non-hydrogen) atoms. The Labute approximate surface area is 108 Å². The summed E-state index contributed by atoms with van der Waals surface area (Å²) in [6.45, 7) is 2.69. The van der Waals surface area contributed by atoms with Crippen LogP contribution in [0.4, 0.5) is 18.3 Å². The molecule has 0 aromatic carbocycles. The molecule has 1 aromatic heterocycles. The van der Waals surface area contributed by atoms with Crippen LogP contribution in [0, 0.1) is 0 Å². The van der Waals surface area contributed by atoms with Crippen LogP contribution in [0.1, 0.15) is 30.8 Å². The molecule has 0 bridgehead atoms. The molecule has 0 atom stereocenters. The van der Waals surface area contributed by atoms with E-state index < -0.39 is 12.7 Å². The van der Waals surface area contributed by atoms with Crippen molar-refractivity contribution in [3.8, 4) is 0 Å². The third-order valence-electron chi connectivity index (χ3n) is 2.42. The van der Waals surface area contributed by atoms with Gasteiger partial charge in [-0.25, -0.2) is 4.98 Å². The molecule has 104 valence electrons. The highest BCUT2D eigenvalue weighted by Gasteiger charge is 2.31. The van der Waals surface area contributed by atoms with Crippen molar-refractivity contribution in [1.82, 2.24) is 4.98 Å². The second-order valence-corrected chi connectivity index (χ2v) is 4.97. The molecule has 0 saturated heterocycles. The number of aliphatic hydroxyl groups excluding tert-OH is 1. The summed E-state index contributed by atoms with van der Waals surface area (Å²) in [5, 5.41) is 9.51. The maximum Gasteiger partial charge on any atom is 0.406 e. The molecule has 7 heteroatoms. The Bertz CT molecular complexity index is 379. The fourth-order valence-electron chi connectivity index (χ4n) is 1.59. The van der Waals surface area contributed by atoms with Crippen molar-refractivity contribution in [2.24, 2.45) is 0 Å². The van der Waals surface area contributed by atoms with Crippen molar-refractivity contribution in [1.29, 1.82) is 0 Å². The first-order valence-corrected chi connectivity index (χ1v) is 6.64. The van der Waals surface area contributed by atoms with Crippen LogP contribution in [0.25, 0.3) is 0 Å². The Morgan fingerprint density at radius 3 is 2.44 bits per heavy atom. The molecular formula is C11H17F3N2OS. The van der Waals surface area contributed by atoms with E-state index in [0.717, 1.165) is 17.8 Å². The summed E-state index contributed by atoms with van der Waals surface area (Å²) in [6, 6.07) is 0. The molecular weight excluding hydrogens is 265 g/mol. The van der Waals surface area contributed by atoms with Crippen molar-refractivity contribution >= 4 is 16.5 Å². The minimum Gasteiger partial charge on any atom is -0.391 e. The van der Waals surface area contributed by atoms with Crippen molar-refractivity contribution in [3.63, 3.8) is 0 Å². The number of aliphatic hydroxyl groups is 1. The van der Waals surface area contributed by atoms with E-state index >= 15 is 0 Å². The summed E-state index contributed by atoms with van der Waals surface area (Å²) in [6.07, 6.45) is -2.72. The number of halogens is 3. The van der Waals surface area contributed by atoms with Gasteiger partial charge in [0.25, 0.3) is 0 Å². The number of aryl methyl sites for hydroxylation is 1. The topological polar surface area (TPSA) is 36.4 Å². The number of thiazole rings is 1.